The molecular weight excluding hydrogens is 544 g/mol. The predicted octanol–water partition coefficient (Wildman–Crippen LogP) is 5.52. The summed E-state index contributed by atoms with van der Waals surface area (Å²) in [6, 6.07) is 22.5. The molecule has 0 saturated carbocycles. The van der Waals surface area contributed by atoms with Crippen molar-refractivity contribution in [2.75, 3.05) is 16.4 Å². The summed E-state index contributed by atoms with van der Waals surface area (Å²) in [6.07, 6.45) is -1.56. The van der Waals surface area contributed by atoms with Crippen LogP contribution in [0.2, 0.25) is 0 Å². The van der Waals surface area contributed by atoms with Crippen LogP contribution in [0.3, 0.4) is 0 Å². The molecule has 9 nitrogen and oxygen atoms in total. The number of carbonyl (C=O) groups is 3. The van der Waals surface area contributed by atoms with Crippen LogP contribution in [0.4, 0.5) is 11.4 Å². The SMILES string of the molecule is CC(=O)Nc1ccc(SC[C@@H]2O[C@H](c3cccc(NC(=O)CCC(=O)O)c3)O[C@H](c3ccc(CO)cc3)[C@@H]2C)cc1. The molecular formula is C31H34N2O7S. The third kappa shape index (κ3) is 8.64. The Morgan fingerprint density at radius 1 is 0.878 bits per heavy atom. The number of aliphatic hydroxyl groups is 1. The summed E-state index contributed by atoms with van der Waals surface area (Å²) in [5.41, 5.74) is 3.76. The second kappa shape index (κ2) is 14.3. The largest absolute Gasteiger partial charge is 0.481 e. The lowest BCUT2D eigenvalue weighted by Crippen LogP contribution is -2.38. The lowest BCUT2D eigenvalue weighted by Gasteiger charge is -2.41. The van der Waals surface area contributed by atoms with Gasteiger partial charge in [0.25, 0.3) is 0 Å². The summed E-state index contributed by atoms with van der Waals surface area (Å²) in [5.74, 6) is -0.891. The Kier molecular flexibility index (Phi) is 10.5. The molecule has 3 aromatic rings. The number of anilines is 2. The lowest BCUT2D eigenvalue weighted by atomic mass is 9.91. The van der Waals surface area contributed by atoms with Crippen LogP contribution in [-0.4, -0.2) is 39.9 Å². The highest BCUT2D eigenvalue weighted by Gasteiger charge is 2.38. The van der Waals surface area contributed by atoms with Crippen LogP contribution < -0.4 is 10.6 Å². The second-order valence-corrected chi connectivity index (χ2v) is 11.0. The number of carboxylic acid groups (broad SMARTS) is 1. The molecule has 0 spiro atoms. The van der Waals surface area contributed by atoms with Gasteiger partial charge in [0, 0.05) is 46.8 Å². The number of rotatable bonds is 11. The highest BCUT2D eigenvalue weighted by Crippen LogP contribution is 2.43. The van der Waals surface area contributed by atoms with Gasteiger partial charge >= 0.3 is 5.97 Å². The first kappa shape index (κ1) is 30.3. The van der Waals surface area contributed by atoms with Gasteiger partial charge in [-0.1, -0.05) is 43.3 Å². The Labute approximate surface area is 243 Å². The number of benzene rings is 3. The first-order chi connectivity index (χ1) is 19.7. The molecule has 4 rings (SSSR count). The van der Waals surface area contributed by atoms with E-state index < -0.39 is 12.3 Å². The molecule has 216 valence electrons. The van der Waals surface area contributed by atoms with Crippen LogP contribution in [0.1, 0.15) is 55.8 Å². The van der Waals surface area contributed by atoms with Gasteiger partial charge in [-0.3, -0.25) is 14.4 Å². The number of hydrogen-bond acceptors (Lipinski definition) is 7. The number of hydrogen-bond donors (Lipinski definition) is 4. The molecule has 1 heterocycles. The van der Waals surface area contributed by atoms with E-state index in [2.05, 4.69) is 17.6 Å². The molecule has 2 amide bonds. The Hall–Kier alpha value is -3.70. The van der Waals surface area contributed by atoms with Crippen LogP contribution in [0.5, 0.6) is 0 Å². The Morgan fingerprint density at radius 3 is 2.27 bits per heavy atom. The molecule has 4 N–H and O–H groups in total. The van der Waals surface area contributed by atoms with E-state index in [0.717, 1.165) is 27.3 Å². The molecule has 1 aliphatic rings. The zero-order valence-corrected chi connectivity index (χ0v) is 23.7. The zero-order valence-electron chi connectivity index (χ0n) is 22.9. The molecule has 1 fully saturated rings. The number of ether oxygens (including phenoxy) is 2. The first-order valence-corrected chi connectivity index (χ1v) is 14.3. The standard InChI is InChI=1S/C31H34N2O7S/c1-19-27(18-41-26-12-10-24(11-13-26)32-20(2)35)39-31(40-30(19)22-8-6-21(17-34)7-9-22)23-4-3-5-25(16-23)33-28(36)14-15-29(37)38/h3-13,16,19,27,30-31,34H,14-15,17-18H2,1-2H3,(H,32,35)(H,33,36)(H,37,38)/t19-,27+,30+,31+/m1/s1. The molecule has 0 aliphatic carbocycles. The van der Waals surface area contributed by atoms with E-state index in [4.69, 9.17) is 14.6 Å². The van der Waals surface area contributed by atoms with E-state index >= 15 is 0 Å². The van der Waals surface area contributed by atoms with Crippen molar-refractivity contribution in [2.45, 2.75) is 56.7 Å². The third-order valence-corrected chi connectivity index (χ3v) is 7.82. The Bertz CT molecular complexity index is 1350. The van der Waals surface area contributed by atoms with Gasteiger partial charge in [0.2, 0.25) is 11.8 Å². The lowest BCUT2D eigenvalue weighted by molar-refractivity contribution is -0.268. The van der Waals surface area contributed by atoms with Gasteiger partial charge in [0.1, 0.15) is 0 Å². The van der Waals surface area contributed by atoms with Crippen molar-refractivity contribution in [1.29, 1.82) is 0 Å². The number of aliphatic carboxylic acids is 1. The fourth-order valence-corrected chi connectivity index (χ4v) is 5.60. The van der Waals surface area contributed by atoms with Crippen LogP contribution in [0.15, 0.2) is 77.7 Å². The molecule has 3 aromatic carbocycles. The minimum Gasteiger partial charge on any atom is -0.481 e. The normalized spacial score (nSPS) is 20.3. The van der Waals surface area contributed by atoms with Gasteiger partial charge in [0.15, 0.2) is 6.29 Å². The monoisotopic (exact) mass is 578 g/mol. The third-order valence-electron chi connectivity index (χ3n) is 6.72. The van der Waals surface area contributed by atoms with Crippen molar-refractivity contribution in [3.05, 3.63) is 89.5 Å². The van der Waals surface area contributed by atoms with Crippen LogP contribution in [0.25, 0.3) is 0 Å². The van der Waals surface area contributed by atoms with Crippen molar-refractivity contribution >= 4 is 40.9 Å². The summed E-state index contributed by atoms with van der Waals surface area (Å²) in [7, 11) is 0. The van der Waals surface area contributed by atoms with E-state index in [-0.39, 0.29) is 49.4 Å². The number of carbonyl (C=O) groups excluding carboxylic acids is 2. The van der Waals surface area contributed by atoms with Crippen LogP contribution in [0, 0.1) is 5.92 Å². The molecule has 0 bridgehead atoms. The van der Waals surface area contributed by atoms with E-state index in [1.54, 1.807) is 30.0 Å². The van der Waals surface area contributed by atoms with E-state index in [9.17, 15) is 19.5 Å². The van der Waals surface area contributed by atoms with Crippen molar-refractivity contribution < 1.29 is 34.1 Å². The molecule has 0 unspecified atom stereocenters. The smallest absolute Gasteiger partial charge is 0.303 e. The quantitative estimate of drug-likeness (QED) is 0.219. The van der Waals surface area contributed by atoms with E-state index in [1.807, 2.05) is 54.6 Å². The number of carboxylic acids is 1. The predicted molar refractivity (Wildman–Crippen MR) is 156 cm³/mol. The van der Waals surface area contributed by atoms with E-state index in [1.165, 1.54) is 6.92 Å². The highest BCUT2D eigenvalue weighted by atomic mass is 32.2. The molecule has 4 atom stereocenters. The number of aliphatic hydroxyl groups excluding tert-OH is 1. The molecule has 41 heavy (non-hydrogen) atoms. The number of thioether (sulfide) groups is 1. The summed E-state index contributed by atoms with van der Waals surface area (Å²) in [4.78, 5) is 35.4. The second-order valence-electron chi connectivity index (χ2n) is 9.91. The fourth-order valence-electron chi connectivity index (χ4n) is 4.53. The Balaban J connectivity index is 1.53. The summed E-state index contributed by atoms with van der Waals surface area (Å²) in [6.45, 7) is 3.52. The average molecular weight is 579 g/mol. The van der Waals surface area contributed by atoms with Gasteiger partial charge in [-0.15, -0.1) is 11.8 Å². The maximum absolute atomic E-state index is 12.2. The minimum absolute atomic E-state index is 0.00344. The summed E-state index contributed by atoms with van der Waals surface area (Å²) < 4.78 is 13.0. The maximum atomic E-state index is 12.2. The van der Waals surface area contributed by atoms with Crippen molar-refractivity contribution in [3.8, 4) is 0 Å². The average Bonchev–Trinajstić information content (AvgIpc) is 2.96. The van der Waals surface area contributed by atoms with E-state index in [0.29, 0.717) is 11.4 Å². The van der Waals surface area contributed by atoms with Crippen molar-refractivity contribution in [1.82, 2.24) is 0 Å². The van der Waals surface area contributed by atoms with Crippen molar-refractivity contribution in [2.24, 2.45) is 5.92 Å². The van der Waals surface area contributed by atoms with Crippen LogP contribution >= 0.6 is 11.8 Å². The maximum Gasteiger partial charge on any atom is 0.303 e. The number of nitrogens with one attached hydrogen (secondary N) is 2. The van der Waals surface area contributed by atoms with Crippen LogP contribution in [-0.2, 0) is 30.5 Å². The fraction of sp³-hybridized carbons (Fsp3) is 0.323. The number of amides is 2. The molecule has 10 heteroatoms. The summed E-state index contributed by atoms with van der Waals surface area (Å²) >= 11 is 1.65. The summed E-state index contributed by atoms with van der Waals surface area (Å²) in [5, 5.41) is 23.9. The van der Waals surface area contributed by atoms with Gasteiger partial charge in [-0.25, -0.2) is 0 Å². The minimum atomic E-state index is -1.03. The topological polar surface area (TPSA) is 134 Å². The molecule has 1 saturated heterocycles. The zero-order chi connectivity index (χ0) is 29.4. The Morgan fingerprint density at radius 2 is 1.61 bits per heavy atom. The first-order valence-electron chi connectivity index (χ1n) is 13.3. The van der Waals surface area contributed by atoms with Gasteiger partial charge < -0.3 is 30.3 Å². The molecule has 0 aromatic heterocycles. The van der Waals surface area contributed by atoms with Crippen molar-refractivity contribution in [3.63, 3.8) is 0 Å². The van der Waals surface area contributed by atoms with Gasteiger partial charge in [-0.05, 0) is 47.5 Å². The van der Waals surface area contributed by atoms with Gasteiger partial charge in [0.05, 0.1) is 25.2 Å². The molecule has 1 aliphatic heterocycles. The molecule has 0 radical (unpaired) electrons. The highest BCUT2D eigenvalue weighted by molar-refractivity contribution is 7.99. The van der Waals surface area contributed by atoms with Gasteiger partial charge in [-0.2, -0.15) is 0 Å².